The van der Waals surface area contributed by atoms with Crippen molar-refractivity contribution in [3.8, 4) is 55.6 Å². The first-order valence-electron chi connectivity index (χ1n) is 25.3. The molecule has 13 rings (SSSR count). The van der Waals surface area contributed by atoms with Gasteiger partial charge in [-0.15, -0.1) is 0 Å². The molecule has 73 heavy (non-hydrogen) atoms. The van der Waals surface area contributed by atoms with Crippen LogP contribution in [0.5, 0.6) is 0 Å². The number of rotatable bonds is 10. The first-order valence-corrected chi connectivity index (χ1v) is 25.3. The maximum atomic E-state index is 2.46. The van der Waals surface area contributed by atoms with Crippen LogP contribution < -0.4 is 9.80 Å². The monoisotopic (exact) mass is 932 g/mol. The summed E-state index contributed by atoms with van der Waals surface area (Å²) in [6, 6.07) is 102. The second-order valence-electron chi connectivity index (χ2n) is 19.7. The molecule has 0 aromatic heterocycles. The number of anilines is 6. The van der Waals surface area contributed by atoms with E-state index in [2.05, 4.69) is 303 Å². The van der Waals surface area contributed by atoms with Crippen LogP contribution in [0.15, 0.2) is 279 Å². The van der Waals surface area contributed by atoms with Gasteiger partial charge in [0.2, 0.25) is 0 Å². The van der Waals surface area contributed by atoms with Gasteiger partial charge in [-0.25, -0.2) is 0 Å². The van der Waals surface area contributed by atoms with E-state index < -0.39 is 0 Å². The molecule has 0 amide bonds. The highest BCUT2D eigenvalue weighted by atomic mass is 15.1. The fourth-order valence-corrected chi connectivity index (χ4v) is 11.4. The van der Waals surface area contributed by atoms with Gasteiger partial charge in [0.05, 0.1) is 0 Å². The molecule has 2 nitrogen and oxygen atoms in total. The Hall–Kier alpha value is -9.24. The van der Waals surface area contributed by atoms with Crippen LogP contribution in [0.3, 0.4) is 0 Å². The third-order valence-electron chi connectivity index (χ3n) is 15.0. The molecule has 0 saturated heterocycles. The van der Waals surface area contributed by atoms with E-state index in [1.807, 2.05) is 0 Å². The lowest BCUT2D eigenvalue weighted by Crippen LogP contribution is -2.17. The van der Waals surface area contributed by atoms with Gasteiger partial charge in [-0.05, 0) is 161 Å². The van der Waals surface area contributed by atoms with Crippen LogP contribution in [0.4, 0.5) is 34.1 Å². The lowest BCUT2D eigenvalue weighted by atomic mass is 9.79. The molecule has 1 aliphatic rings. The molecule has 12 aromatic rings. The highest BCUT2D eigenvalue weighted by molar-refractivity contribution is 6.19. The standard InChI is InChI=1S/C71H52N2/c1-71(2)68-48-62(73(59-39-31-55(32-40-59)51-21-11-5-12-22-51)60-41-33-56(34-42-60)52-23-13-6-14-24-52)44-46-66(68)69-64-26-16-15-25-63(64)67-47-61(43-45-65(67)70(69)71)72(57-35-27-53(28-36-57)49-17-7-3-8-18-49)58-37-29-54(30-38-58)50-19-9-4-10-20-50/h3-48H,1-2H3. The summed E-state index contributed by atoms with van der Waals surface area (Å²) in [6.45, 7) is 4.85. The molecule has 0 fully saturated rings. The summed E-state index contributed by atoms with van der Waals surface area (Å²) in [5.74, 6) is 0. The Kier molecular flexibility index (Phi) is 10.9. The Balaban J connectivity index is 0.937. The lowest BCUT2D eigenvalue weighted by Gasteiger charge is -2.29. The van der Waals surface area contributed by atoms with Gasteiger partial charge >= 0.3 is 0 Å². The molecule has 0 spiro atoms. The van der Waals surface area contributed by atoms with Crippen molar-refractivity contribution in [1.29, 1.82) is 0 Å². The maximum absolute atomic E-state index is 2.46. The second-order valence-corrected chi connectivity index (χ2v) is 19.7. The van der Waals surface area contributed by atoms with Crippen molar-refractivity contribution in [2.24, 2.45) is 0 Å². The van der Waals surface area contributed by atoms with Crippen LogP contribution in [0.2, 0.25) is 0 Å². The summed E-state index contributed by atoms with van der Waals surface area (Å²) >= 11 is 0. The first-order chi connectivity index (χ1) is 36.0. The largest absolute Gasteiger partial charge is 0.310 e. The summed E-state index contributed by atoms with van der Waals surface area (Å²) < 4.78 is 0. The second kappa shape index (κ2) is 18.2. The first kappa shape index (κ1) is 43.8. The molecule has 0 unspecified atom stereocenters. The van der Waals surface area contributed by atoms with Crippen molar-refractivity contribution in [1.82, 2.24) is 0 Å². The Labute approximate surface area is 428 Å². The number of hydrogen-bond acceptors (Lipinski definition) is 2. The van der Waals surface area contributed by atoms with Crippen LogP contribution in [-0.2, 0) is 5.41 Å². The highest BCUT2D eigenvalue weighted by Gasteiger charge is 2.39. The van der Waals surface area contributed by atoms with E-state index in [4.69, 9.17) is 0 Å². The number of hydrogen-bond donors (Lipinski definition) is 0. The Morgan fingerprint density at radius 3 is 0.959 bits per heavy atom. The zero-order chi connectivity index (χ0) is 48.9. The SMILES string of the molecule is CC1(C)c2cc(N(c3ccc(-c4ccccc4)cc3)c3ccc(-c4ccccc4)cc3)ccc2-c2c1c1ccc(N(c3ccc(-c4ccccc4)cc3)c3ccc(-c4ccccc4)cc3)cc1c1ccccc21. The van der Waals surface area contributed by atoms with Gasteiger partial charge in [0.25, 0.3) is 0 Å². The molecule has 0 atom stereocenters. The average Bonchev–Trinajstić information content (AvgIpc) is 3.70. The fraction of sp³-hybridized carbons (Fsp3) is 0.0423. The normalized spacial score (nSPS) is 12.4. The maximum Gasteiger partial charge on any atom is 0.0468 e. The third kappa shape index (κ3) is 7.85. The van der Waals surface area contributed by atoms with E-state index in [0.717, 1.165) is 34.1 Å². The minimum Gasteiger partial charge on any atom is -0.310 e. The molecule has 12 aromatic carbocycles. The van der Waals surface area contributed by atoms with Gasteiger partial charge < -0.3 is 9.80 Å². The number of benzene rings is 12. The summed E-state index contributed by atoms with van der Waals surface area (Å²) in [4.78, 5) is 4.82. The van der Waals surface area contributed by atoms with Crippen LogP contribution >= 0.6 is 0 Å². The molecule has 0 aliphatic heterocycles. The topological polar surface area (TPSA) is 6.48 Å². The molecule has 1 aliphatic carbocycles. The highest BCUT2D eigenvalue weighted by Crippen LogP contribution is 2.56. The molecule has 346 valence electrons. The van der Waals surface area contributed by atoms with E-state index in [9.17, 15) is 0 Å². The summed E-state index contributed by atoms with van der Waals surface area (Å²) in [6.07, 6.45) is 0. The van der Waals surface area contributed by atoms with Gasteiger partial charge in [-0.2, -0.15) is 0 Å². The third-order valence-corrected chi connectivity index (χ3v) is 15.0. The van der Waals surface area contributed by atoms with Crippen molar-refractivity contribution < 1.29 is 0 Å². The Morgan fingerprint density at radius 1 is 0.247 bits per heavy atom. The van der Waals surface area contributed by atoms with Crippen molar-refractivity contribution in [3.63, 3.8) is 0 Å². The fourth-order valence-electron chi connectivity index (χ4n) is 11.4. The Morgan fingerprint density at radius 2 is 0.562 bits per heavy atom. The predicted molar refractivity (Wildman–Crippen MR) is 310 cm³/mol. The van der Waals surface area contributed by atoms with E-state index in [0.29, 0.717) is 0 Å². The van der Waals surface area contributed by atoms with Crippen LogP contribution in [0.1, 0.15) is 25.0 Å². The summed E-state index contributed by atoms with van der Waals surface area (Å²) in [5, 5.41) is 5.06. The number of nitrogens with zero attached hydrogens (tertiary/aromatic N) is 2. The van der Waals surface area contributed by atoms with Crippen molar-refractivity contribution in [3.05, 3.63) is 290 Å². The van der Waals surface area contributed by atoms with Crippen LogP contribution in [0.25, 0.3) is 77.2 Å². The molecule has 0 saturated carbocycles. The summed E-state index contributed by atoms with van der Waals surface area (Å²) in [7, 11) is 0. The van der Waals surface area contributed by atoms with E-state index in [1.54, 1.807) is 0 Å². The smallest absolute Gasteiger partial charge is 0.0468 e. The van der Waals surface area contributed by atoms with Crippen molar-refractivity contribution in [2.75, 3.05) is 9.80 Å². The van der Waals surface area contributed by atoms with E-state index in [-0.39, 0.29) is 5.41 Å². The van der Waals surface area contributed by atoms with Crippen molar-refractivity contribution in [2.45, 2.75) is 19.3 Å². The van der Waals surface area contributed by atoms with Crippen molar-refractivity contribution >= 4 is 55.7 Å². The average molecular weight is 933 g/mol. The van der Waals surface area contributed by atoms with Crippen LogP contribution in [0, 0.1) is 0 Å². The predicted octanol–water partition coefficient (Wildman–Crippen LogP) is 19.9. The molecule has 2 heteroatoms. The quantitative estimate of drug-likeness (QED) is 0.126. The Bertz CT molecular complexity index is 3760. The zero-order valence-electron chi connectivity index (χ0n) is 41.0. The van der Waals surface area contributed by atoms with Gasteiger partial charge in [0.15, 0.2) is 0 Å². The summed E-state index contributed by atoms with van der Waals surface area (Å²) in [5.41, 5.74) is 21.3. The molecule has 0 radical (unpaired) electrons. The van der Waals surface area contributed by atoms with Gasteiger partial charge in [0, 0.05) is 39.5 Å². The van der Waals surface area contributed by atoms with Gasteiger partial charge in [-0.3, -0.25) is 0 Å². The lowest BCUT2D eigenvalue weighted by molar-refractivity contribution is 0.666. The molecule has 0 heterocycles. The van der Waals surface area contributed by atoms with Gasteiger partial charge in [0.1, 0.15) is 0 Å². The molecule has 0 bridgehead atoms. The molecule has 0 N–H and O–H groups in total. The minimum absolute atomic E-state index is 0.315. The minimum atomic E-state index is -0.315. The molecular formula is C71H52N2. The van der Waals surface area contributed by atoms with E-state index in [1.165, 1.54) is 88.3 Å². The number of fused-ring (bicyclic) bond motifs is 8. The van der Waals surface area contributed by atoms with Gasteiger partial charge in [-0.1, -0.05) is 220 Å². The molecular weight excluding hydrogens is 881 g/mol. The zero-order valence-corrected chi connectivity index (χ0v) is 41.0. The van der Waals surface area contributed by atoms with E-state index >= 15 is 0 Å². The van der Waals surface area contributed by atoms with Crippen LogP contribution in [-0.4, -0.2) is 0 Å².